The summed E-state index contributed by atoms with van der Waals surface area (Å²) in [6, 6.07) is 67.1. The summed E-state index contributed by atoms with van der Waals surface area (Å²) in [5.41, 5.74) is 15.9. The molecule has 6 heteroatoms. The van der Waals surface area contributed by atoms with E-state index in [2.05, 4.69) is 202 Å². The molecule has 0 spiro atoms. The molecular weight excluding hydrogens is 745 g/mol. The number of aromatic amines is 1. The summed E-state index contributed by atoms with van der Waals surface area (Å²) in [6.07, 6.45) is 5.59. The number of aromatic nitrogens is 5. The Morgan fingerprint density at radius 3 is 2.10 bits per heavy atom. The Morgan fingerprint density at radius 2 is 1.23 bits per heavy atom. The second-order valence-corrected chi connectivity index (χ2v) is 15.9. The fourth-order valence-corrected chi connectivity index (χ4v) is 9.68. The average molecular weight is 783 g/mol. The topological polar surface area (TPSA) is 62.6 Å². The lowest BCUT2D eigenvalue weighted by Gasteiger charge is -2.44. The van der Waals surface area contributed by atoms with Crippen molar-refractivity contribution in [2.24, 2.45) is 0 Å². The fraction of sp³-hybridized carbons (Fsp3) is 0.0364. The first-order valence-corrected chi connectivity index (χ1v) is 20.7. The third kappa shape index (κ3) is 5.39. The number of benzene rings is 7. The third-order valence-corrected chi connectivity index (χ3v) is 12.6. The van der Waals surface area contributed by atoms with Crippen LogP contribution in [0.3, 0.4) is 0 Å². The Labute approximate surface area is 353 Å². The van der Waals surface area contributed by atoms with Crippen LogP contribution in [0.25, 0.3) is 72.2 Å². The first-order valence-electron chi connectivity index (χ1n) is 20.7. The maximum atomic E-state index is 5.61. The minimum atomic E-state index is -0.447. The number of nitrogens with one attached hydrogen (secondary N) is 1. The highest BCUT2D eigenvalue weighted by Crippen LogP contribution is 2.55. The van der Waals surface area contributed by atoms with Crippen molar-refractivity contribution in [3.8, 4) is 39.3 Å². The fourth-order valence-electron chi connectivity index (χ4n) is 9.68. The lowest BCUT2D eigenvalue weighted by molar-refractivity contribution is 0.681. The molecule has 1 atom stereocenters. The molecule has 11 aromatic rings. The van der Waals surface area contributed by atoms with Gasteiger partial charge < -0.3 is 4.98 Å². The van der Waals surface area contributed by atoms with Gasteiger partial charge in [-0.05, 0) is 107 Å². The number of anilines is 3. The van der Waals surface area contributed by atoms with E-state index in [0.717, 1.165) is 78.6 Å². The quantitative estimate of drug-likeness (QED) is 0.182. The van der Waals surface area contributed by atoms with Gasteiger partial charge in [0, 0.05) is 57.1 Å². The van der Waals surface area contributed by atoms with Crippen LogP contribution in [0.15, 0.2) is 207 Å². The molecule has 12 rings (SSSR count). The van der Waals surface area contributed by atoms with E-state index in [1.54, 1.807) is 0 Å². The number of hydrogen-bond acceptors (Lipinski definition) is 4. The van der Waals surface area contributed by atoms with Crippen molar-refractivity contribution < 1.29 is 0 Å². The third-order valence-electron chi connectivity index (χ3n) is 12.6. The molecular formula is C55H38N6. The molecule has 1 aliphatic heterocycles. The first kappa shape index (κ1) is 34.9. The molecule has 0 saturated carbocycles. The van der Waals surface area contributed by atoms with E-state index >= 15 is 0 Å². The second kappa shape index (κ2) is 13.8. The molecule has 7 aromatic carbocycles. The van der Waals surface area contributed by atoms with Gasteiger partial charge in [-0.3, -0.25) is 14.5 Å². The molecule has 0 amide bonds. The summed E-state index contributed by atoms with van der Waals surface area (Å²) < 4.78 is 2.31. The maximum Gasteiger partial charge on any atom is 0.147 e. The van der Waals surface area contributed by atoms with Crippen LogP contribution in [0.2, 0.25) is 0 Å². The Hall–Kier alpha value is -8.09. The van der Waals surface area contributed by atoms with Crippen LogP contribution in [0.1, 0.15) is 23.6 Å². The molecule has 1 unspecified atom stereocenters. The van der Waals surface area contributed by atoms with Crippen LogP contribution in [0.5, 0.6) is 0 Å². The average Bonchev–Trinajstić information content (AvgIpc) is 3.92. The Balaban J connectivity index is 1.11. The largest absolute Gasteiger partial charge is 0.354 e. The summed E-state index contributed by atoms with van der Waals surface area (Å²) in [5, 5.41) is 2.38. The molecule has 1 aliphatic rings. The Bertz CT molecular complexity index is 3440. The van der Waals surface area contributed by atoms with E-state index in [1.807, 2.05) is 30.7 Å². The molecule has 0 radical (unpaired) electrons. The van der Waals surface area contributed by atoms with Crippen LogP contribution in [-0.4, -0.2) is 24.5 Å². The lowest BCUT2D eigenvalue weighted by Crippen LogP contribution is -2.34. The highest BCUT2D eigenvalue weighted by atomic mass is 15.2. The normalized spacial score (nSPS) is 14.7. The van der Waals surface area contributed by atoms with Crippen LogP contribution >= 0.6 is 0 Å². The van der Waals surface area contributed by atoms with Crippen LogP contribution in [-0.2, 0) is 5.41 Å². The van der Waals surface area contributed by atoms with Crippen molar-refractivity contribution in [2.75, 3.05) is 4.90 Å². The standard InChI is InChI=1S/C55H38N6/c1-55(39-14-4-2-5-15-39)45-22-9-11-24-48(45)61(51-35-37(30-33-57-51)36-28-31-56-32-29-36)50-34-38(26-27-46(50)55)41-19-13-25-49-53(41)59-54(60(49)40-16-6-3-7-17-40)44-21-12-20-43-42-18-8-10-23-47(42)58-52(43)44/h2-35,58H,1H3. The summed E-state index contributed by atoms with van der Waals surface area (Å²) in [5.74, 6) is 1.73. The predicted molar refractivity (Wildman–Crippen MR) is 249 cm³/mol. The van der Waals surface area contributed by atoms with E-state index in [9.17, 15) is 0 Å². The minimum Gasteiger partial charge on any atom is -0.354 e. The van der Waals surface area contributed by atoms with Crippen molar-refractivity contribution in [1.82, 2.24) is 24.5 Å². The van der Waals surface area contributed by atoms with Gasteiger partial charge in [0.25, 0.3) is 0 Å². The van der Waals surface area contributed by atoms with Gasteiger partial charge >= 0.3 is 0 Å². The molecule has 61 heavy (non-hydrogen) atoms. The van der Waals surface area contributed by atoms with E-state index in [4.69, 9.17) is 9.97 Å². The van der Waals surface area contributed by atoms with Gasteiger partial charge in [0.15, 0.2) is 0 Å². The molecule has 6 nitrogen and oxygen atoms in total. The summed E-state index contributed by atoms with van der Waals surface area (Å²) in [7, 11) is 0. The van der Waals surface area contributed by atoms with Gasteiger partial charge in [0.1, 0.15) is 11.6 Å². The summed E-state index contributed by atoms with van der Waals surface area (Å²) >= 11 is 0. The van der Waals surface area contributed by atoms with Gasteiger partial charge in [0.05, 0.1) is 27.9 Å². The molecule has 0 bridgehead atoms. The maximum absolute atomic E-state index is 5.61. The zero-order valence-electron chi connectivity index (χ0n) is 33.4. The zero-order chi connectivity index (χ0) is 40.5. The number of fused-ring (bicyclic) bond motifs is 6. The monoisotopic (exact) mass is 782 g/mol. The molecule has 5 heterocycles. The first-order chi connectivity index (χ1) is 30.1. The van der Waals surface area contributed by atoms with E-state index in [0.29, 0.717) is 0 Å². The van der Waals surface area contributed by atoms with Crippen molar-refractivity contribution in [2.45, 2.75) is 12.3 Å². The number of nitrogens with zero attached hydrogens (tertiary/aromatic N) is 5. The van der Waals surface area contributed by atoms with Crippen LogP contribution in [0, 0.1) is 0 Å². The van der Waals surface area contributed by atoms with Gasteiger partial charge in [0.2, 0.25) is 0 Å². The van der Waals surface area contributed by atoms with Crippen molar-refractivity contribution >= 4 is 50.0 Å². The smallest absolute Gasteiger partial charge is 0.147 e. The summed E-state index contributed by atoms with van der Waals surface area (Å²) in [6.45, 7) is 2.36. The van der Waals surface area contributed by atoms with Crippen molar-refractivity contribution in [3.05, 3.63) is 223 Å². The number of pyridine rings is 2. The molecule has 0 fully saturated rings. The number of para-hydroxylation sites is 5. The van der Waals surface area contributed by atoms with Crippen molar-refractivity contribution in [1.29, 1.82) is 0 Å². The molecule has 0 saturated heterocycles. The Kier molecular flexibility index (Phi) is 7.87. The van der Waals surface area contributed by atoms with Crippen LogP contribution in [0.4, 0.5) is 17.2 Å². The SMILES string of the molecule is CC1(c2ccccc2)c2ccccc2N(c2cc(-c3ccncc3)ccn2)c2cc(-c3cccc4c3nc(-c3cccc5c3[nH]c3ccccc35)n4-c3ccccc3)ccc21. The van der Waals surface area contributed by atoms with Gasteiger partial charge in [-0.15, -0.1) is 0 Å². The van der Waals surface area contributed by atoms with Gasteiger partial charge in [-0.2, -0.15) is 0 Å². The second-order valence-electron chi connectivity index (χ2n) is 15.9. The minimum absolute atomic E-state index is 0.447. The molecule has 1 N–H and O–H groups in total. The number of rotatable bonds is 6. The van der Waals surface area contributed by atoms with Gasteiger partial charge in [-0.25, -0.2) is 9.97 Å². The highest BCUT2D eigenvalue weighted by molar-refractivity contribution is 6.12. The predicted octanol–water partition coefficient (Wildman–Crippen LogP) is 13.6. The van der Waals surface area contributed by atoms with E-state index in [-0.39, 0.29) is 0 Å². The number of hydrogen-bond donors (Lipinski definition) is 1. The zero-order valence-corrected chi connectivity index (χ0v) is 33.4. The van der Waals surface area contributed by atoms with Crippen molar-refractivity contribution in [3.63, 3.8) is 0 Å². The summed E-state index contributed by atoms with van der Waals surface area (Å²) in [4.78, 5) is 21.1. The highest BCUT2D eigenvalue weighted by Gasteiger charge is 2.42. The number of H-pyrrole nitrogens is 1. The Morgan fingerprint density at radius 1 is 0.525 bits per heavy atom. The van der Waals surface area contributed by atoms with E-state index < -0.39 is 5.41 Å². The molecule has 288 valence electrons. The molecule has 0 aliphatic carbocycles. The van der Waals surface area contributed by atoms with Gasteiger partial charge in [-0.1, -0.05) is 121 Å². The number of imidazole rings is 1. The van der Waals surface area contributed by atoms with E-state index in [1.165, 1.54) is 27.5 Å². The molecule has 4 aromatic heterocycles. The lowest BCUT2D eigenvalue weighted by atomic mass is 9.67. The van der Waals surface area contributed by atoms with Crippen LogP contribution < -0.4 is 4.90 Å².